The predicted molar refractivity (Wildman–Crippen MR) is 81.4 cm³/mol. The zero-order valence-corrected chi connectivity index (χ0v) is 13.3. The summed E-state index contributed by atoms with van der Waals surface area (Å²) in [7, 11) is -3.94. The maximum Gasteiger partial charge on any atom is 0.243 e. The maximum absolute atomic E-state index is 13.6. The van der Waals surface area contributed by atoms with Gasteiger partial charge in [-0.3, -0.25) is 4.99 Å². The normalized spacial score (nSPS) is 12.7. The first-order valence-corrected chi connectivity index (χ1v) is 8.09. The van der Waals surface area contributed by atoms with Crippen LogP contribution in [0.3, 0.4) is 0 Å². The fraction of sp³-hybridized carbons (Fsp3) is 0.417. The van der Waals surface area contributed by atoms with Gasteiger partial charge in [0.05, 0.1) is 6.54 Å². The van der Waals surface area contributed by atoms with E-state index < -0.39 is 20.7 Å². The highest BCUT2D eigenvalue weighted by molar-refractivity contribution is 7.89. The number of rotatable bonds is 6. The number of hydrogen-bond donors (Lipinski definition) is 3. The van der Waals surface area contributed by atoms with Crippen LogP contribution >= 0.6 is 11.6 Å². The van der Waals surface area contributed by atoms with Gasteiger partial charge in [-0.05, 0) is 32.0 Å². The third-order valence-corrected chi connectivity index (χ3v) is 4.04. The Balaban J connectivity index is 2.62. The summed E-state index contributed by atoms with van der Waals surface area (Å²) in [4.78, 5) is 3.48. The van der Waals surface area contributed by atoms with E-state index in [1.807, 2.05) is 13.8 Å². The zero-order valence-electron chi connectivity index (χ0n) is 11.7. The van der Waals surface area contributed by atoms with Crippen LogP contribution < -0.4 is 15.8 Å². The molecule has 9 heteroatoms. The number of nitrogens with zero attached hydrogens (tertiary/aromatic N) is 1. The molecule has 1 aromatic rings. The van der Waals surface area contributed by atoms with Crippen LogP contribution in [0.4, 0.5) is 4.39 Å². The summed E-state index contributed by atoms with van der Waals surface area (Å²) in [6, 6.07) is 3.49. The average molecular weight is 337 g/mol. The molecule has 118 valence electrons. The Kier molecular flexibility index (Phi) is 6.38. The molecule has 0 fully saturated rings. The summed E-state index contributed by atoms with van der Waals surface area (Å²) < 4.78 is 39.6. The van der Waals surface area contributed by atoms with E-state index in [2.05, 4.69) is 15.0 Å². The Bertz CT molecular complexity index is 620. The van der Waals surface area contributed by atoms with Gasteiger partial charge >= 0.3 is 0 Å². The van der Waals surface area contributed by atoms with Crippen molar-refractivity contribution in [3.8, 4) is 0 Å². The fourth-order valence-corrected chi connectivity index (χ4v) is 2.71. The largest absolute Gasteiger partial charge is 0.370 e. The van der Waals surface area contributed by atoms with Crippen LogP contribution in [0, 0.1) is 5.82 Å². The number of hydrogen-bond acceptors (Lipinski definition) is 3. The topological polar surface area (TPSA) is 96.6 Å². The van der Waals surface area contributed by atoms with Crippen molar-refractivity contribution in [3.63, 3.8) is 0 Å². The molecule has 6 nitrogen and oxygen atoms in total. The van der Waals surface area contributed by atoms with Crippen molar-refractivity contribution in [2.24, 2.45) is 10.7 Å². The van der Waals surface area contributed by atoms with Crippen LogP contribution in [-0.4, -0.2) is 33.5 Å². The van der Waals surface area contributed by atoms with Gasteiger partial charge in [-0.15, -0.1) is 0 Å². The van der Waals surface area contributed by atoms with Gasteiger partial charge in [0, 0.05) is 17.6 Å². The minimum Gasteiger partial charge on any atom is -0.370 e. The second-order valence-electron chi connectivity index (χ2n) is 4.54. The predicted octanol–water partition coefficient (Wildman–Crippen LogP) is 1.07. The fourth-order valence-electron chi connectivity index (χ4n) is 1.47. The molecular weight excluding hydrogens is 319 g/mol. The van der Waals surface area contributed by atoms with Crippen molar-refractivity contribution >= 4 is 27.6 Å². The van der Waals surface area contributed by atoms with Gasteiger partial charge in [0.1, 0.15) is 10.7 Å². The summed E-state index contributed by atoms with van der Waals surface area (Å²) in [6.45, 7) is 3.94. The molecule has 0 aliphatic carbocycles. The third-order valence-electron chi connectivity index (χ3n) is 2.31. The molecule has 0 aliphatic rings. The average Bonchev–Trinajstić information content (AvgIpc) is 2.33. The highest BCUT2D eigenvalue weighted by Gasteiger charge is 2.18. The molecular formula is C12H18ClFN4O2S. The first kappa shape index (κ1) is 17.7. The second kappa shape index (κ2) is 7.58. The van der Waals surface area contributed by atoms with Crippen LogP contribution in [0.5, 0.6) is 0 Å². The molecule has 21 heavy (non-hydrogen) atoms. The molecule has 0 atom stereocenters. The highest BCUT2D eigenvalue weighted by atomic mass is 35.5. The number of nitrogens with two attached hydrogens (primary N) is 1. The van der Waals surface area contributed by atoms with E-state index >= 15 is 0 Å². The van der Waals surface area contributed by atoms with E-state index in [0.29, 0.717) is 0 Å². The smallest absolute Gasteiger partial charge is 0.243 e. The minimum atomic E-state index is -3.94. The molecule has 0 bridgehead atoms. The van der Waals surface area contributed by atoms with Gasteiger partial charge in [-0.1, -0.05) is 11.6 Å². The Morgan fingerprint density at radius 3 is 2.71 bits per heavy atom. The van der Waals surface area contributed by atoms with Crippen LogP contribution in [0.25, 0.3) is 0 Å². The second-order valence-corrected chi connectivity index (χ2v) is 6.71. The van der Waals surface area contributed by atoms with Crippen LogP contribution in [-0.2, 0) is 10.0 Å². The van der Waals surface area contributed by atoms with Gasteiger partial charge in [0.2, 0.25) is 10.0 Å². The summed E-state index contributed by atoms with van der Waals surface area (Å²) in [5, 5.41) is 2.99. The first-order chi connectivity index (χ1) is 9.72. The van der Waals surface area contributed by atoms with Crippen LogP contribution in [0.15, 0.2) is 28.1 Å². The van der Waals surface area contributed by atoms with Gasteiger partial charge in [0.15, 0.2) is 5.96 Å². The van der Waals surface area contributed by atoms with E-state index in [1.54, 1.807) is 0 Å². The monoisotopic (exact) mass is 336 g/mol. The van der Waals surface area contributed by atoms with Crippen molar-refractivity contribution in [1.82, 2.24) is 10.0 Å². The Morgan fingerprint density at radius 2 is 2.14 bits per heavy atom. The summed E-state index contributed by atoms with van der Waals surface area (Å²) >= 11 is 5.58. The van der Waals surface area contributed by atoms with Gasteiger partial charge in [-0.25, -0.2) is 17.5 Å². The van der Waals surface area contributed by atoms with E-state index in [9.17, 15) is 12.8 Å². The molecule has 0 amide bonds. The van der Waals surface area contributed by atoms with E-state index in [1.165, 1.54) is 6.07 Å². The van der Waals surface area contributed by atoms with Crippen molar-refractivity contribution in [2.45, 2.75) is 24.8 Å². The van der Waals surface area contributed by atoms with Gasteiger partial charge < -0.3 is 11.1 Å². The number of guanidine groups is 1. The molecule has 4 N–H and O–H groups in total. The standard InChI is InChI=1S/C12H18ClFN4O2S/c1-8(2)18-12(15)16-5-6-17-21(19,20)11-4-3-9(13)7-10(11)14/h3-4,7-8,17H,5-6H2,1-2H3,(H3,15,16,18). The number of nitrogens with one attached hydrogen (secondary N) is 2. The summed E-state index contributed by atoms with van der Waals surface area (Å²) in [5.41, 5.74) is 5.56. The molecule has 0 saturated heterocycles. The van der Waals surface area contributed by atoms with Crippen LogP contribution in [0.2, 0.25) is 5.02 Å². The lowest BCUT2D eigenvalue weighted by molar-refractivity contribution is 0.557. The van der Waals surface area contributed by atoms with Gasteiger partial charge in [0.25, 0.3) is 0 Å². The molecule has 0 spiro atoms. The first-order valence-electron chi connectivity index (χ1n) is 6.23. The number of sulfonamides is 1. The number of benzene rings is 1. The van der Waals surface area contributed by atoms with Crippen molar-refractivity contribution < 1.29 is 12.8 Å². The zero-order chi connectivity index (χ0) is 16.0. The molecule has 0 saturated carbocycles. The maximum atomic E-state index is 13.6. The van der Waals surface area contributed by atoms with Crippen molar-refractivity contribution in [3.05, 3.63) is 29.0 Å². The lowest BCUT2D eigenvalue weighted by Crippen LogP contribution is -2.37. The molecule has 0 aromatic heterocycles. The molecule has 1 rings (SSSR count). The third kappa shape index (κ3) is 5.86. The Labute approximate surface area is 128 Å². The van der Waals surface area contributed by atoms with Crippen molar-refractivity contribution in [2.75, 3.05) is 13.1 Å². The van der Waals surface area contributed by atoms with E-state index in [4.69, 9.17) is 17.3 Å². The molecule has 0 aliphatic heterocycles. The minimum absolute atomic E-state index is 0.00484. The van der Waals surface area contributed by atoms with Gasteiger partial charge in [-0.2, -0.15) is 0 Å². The van der Waals surface area contributed by atoms with E-state index in [-0.39, 0.29) is 30.1 Å². The lowest BCUT2D eigenvalue weighted by atomic mass is 10.3. The van der Waals surface area contributed by atoms with Crippen LogP contribution in [0.1, 0.15) is 13.8 Å². The van der Waals surface area contributed by atoms with Crippen molar-refractivity contribution in [1.29, 1.82) is 0 Å². The Hall–Kier alpha value is -1.38. The van der Waals surface area contributed by atoms with E-state index in [0.717, 1.165) is 12.1 Å². The molecule has 1 aromatic carbocycles. The SMILES string of the molecule is CC(C)NC(N)=NCCNS(=O)(=O)c1ccc(Cl)cc1F. The Morgan fingerprint density at radius 1 is 1.48 bits per heavy atom. The molecule has 0 heterocycles. The quantitative estimate of drug-likeness (QED) is 0.411. The molecule has 0 unspecified atom stereocenters. The summed E-state index contributed by atoms with van der Waals surface area (Å²) in [5.74, 6) is -0.679. The number of halogens is 2. The lowest BCUT2D eigenvalue weighted by Gasteiger charge is -2.09. The highest BCUT2D eigenvalue weighted by Crippen LogP contribution is 2.18. The molecule has 0 radical (unpaired) electrons. The summed E-state index contributed by atoms with van der Waals surface area (Å²) in [6.07, 6.45) is 0. The number of aliphatic imine (C=N–C) groups is 1.